The summed E-state index contributed by atoms with van der Waals surface area (Å²) >= 11 is 0. The Morgan fingerprint density at radius 1 is 1.48 bits per heavy atom. The first kappa shape index (κ1) is 16.4. The number of urea groups is 2. The average molecular weight is 317 g/mol. The Morgan fingerprint density at radius 3 is 2.91 bits per heavy atom. The number of rotatable bonds is 4. The topological polar surface area (TPSA) is 106 Å². The minimum atomic E-state index is -0.578. The summed E-state index contributed by atoms with van der Waals surface area (Å²) in [6.07, 6.45) is 0.664. The van der Waals surface area contributed by atoms with Gasteiger partial charge < -0.3 is 15.4 Å². The molecule has 0 atom stereocenters. The normalized spacial score (nSPS) is 14.0. The second kappa shape index (κ2) is 7.35. The van der Waals surface area contributed by atoms with Crippen LogP contribution in [-0.2, 0) is 0 Å². The quantitative estimate of drug-likeness (QED) is 0.787. The van der Waals surface area contributed by atoms with E-state index in [2.05, 4.69) is 16.1 Å². The van der Waals surface area contributed by atoms with Crippen LogP contribution in [0.5, 0.6) is 5.75 Å². The van der Waals surface area contributed by atoms with Gasteiger partial charge in [-0.15, -0.1) is 0 Å². The Labute approximate surface area is 134 Å². The third kappa shape index (κ3) is 4.51. The molecule has 1 fully saturated rings. The molecular weight excluding hydrogens is 298 g/mol. The van der Waals surface area contributed by atoms with Crippen molar-refractivity contribution in [2.75, 3.05) is 18.4 Å². The first-order valence-corrected chi connectivity index (χ1v) is 7.33. The molecule has 0 aliphatic carbocycles. The molecule has 1 heterocycles. The van der Waals surface area contributed by atoms with E-state index in [0.29, 0.717) is 30.1 Å². The van der Waals surface area contributed by atoms with Crippen LogP contribution in [0.1, 0.15) is 25.8 Å². The van der Waals surface area contributed by atoms with Crippen LogP contribution in [0.15, 0.2) is 18.2 Å². The molecule has 3 N–H and O–H groups in total. The maximum atomic E-state index is 12.1. The van der Waals surface area contributed by atoms with Gasteiger partial charge in [0.15, 0.2) is 0 Å². The molecule has 1 aromatic rings. The van der Waals surface area contributed by atoms with Crippen LogP contribution >= 0.6 is 0 Å². The van der Waals surface area contributed by atoms with Gasteiger partial charge in [0.2, 0.25) is 0 Å². The number of nitriles is 1. The van der Waals surface area contributed by atoms with Crippen molar-refractivity contribution in [2.24, 2.45) is 0 Å². The number of amides is 4. The average Bonchev–Trinajstić information content (AvgIpc) is 2.51. The summed E-state index contributed by atoms with van der Waals surface area (Å²) in [6.45, 7) is 4.75. The number of hydrogen-bond donors (Lipinski definition) is 3. The fourth-order valence-electron chi connectivity index (χ4n) is 2.06. The maximum absolute atomic E-state index is 12.1. The molecule has 0 radical (unpaired) electrons. The second-order valence-electron chi connectivity index (χ2n) is 5.29. The number of nitrogens with one attached hydrogen (secondary N) is 3. The predicted molar refractivity (Wildman–Crippen MR) is 83.8 cm³/mol. The van der Waals surface area contributed by atoms with E-state index in [-0.39, 0.29) is 12.1 Å². The predicted octanol–water partition coefficient (Wildman–Crippen LogP) is 1.80. The van der Waals surface area contributed by atoms with E-state index in [1.54, 1.807) is 12.1 Å². The molecule has 4 amide bonds. The molecule has 1 aliphatic heterocycles. The molecule has 0 spiro atoms. The molecule has 23 heavy (non-hydrogen) atoms. The molecule has 0 unspecified atom stereocenters. The first-order valence-electron chi connectivity index (χ1n) is 7.33. The van der Waals surface area contributed by atoms with Crippen LogP contribution in [0.2, 0.25) is 0 Å². The van der Waals surface area contributed by atoms with Gasteiger partial charge in [-0.05, 0) is 38.5 Å². The van der Waals surface area contributed by atoms with Crippen LogP contribution in [-0.4, -0.2) is 36.3 Å². The minimum absolute atomic E-state index is 0.0839. The molecular formula is C15H19N5O3. The van der Waals surface area contributed by atoms with Gasteiger partial charge in [-0.3, -0.25) is 0 Å². The summed E-state index contributed by atoms with van der Waals surface area (Å²) in [6, 6.07) is 5.84. The lowest BCUT2D eigenvalue weighted by molar-refractivity contribution is 0.160. The number of nitrogens with zero attached hydrogens (tertiary/aromatic N) is 2. The van der Waals surface area contributed by atoms with E-state index in [9.17, 15) is 9.59 Å². The van der Waals surface area contributed by atoms with Crippen molar-refractivity contribution in [2.45, 2.75) is 26.4 Å². The van der Waals surface area contributed by atoms with Gasteiger partial charge in [-0.25, -0.2) is 20.0 Å². The van der Waals surface area contributed by atoms with Crippen LogP contribution in [0.3, 0.4) is 0 Å². The minimum Gasteiger partial charge on any atom is -0.489 e. The molecule has 2 rings (SSSR count). The van der Waals surface area contributed by atoms with Crippen LogP contribution in [0, 0.1) is 11.3 Å². The highest BCUT2D eigenvalue weighted by Crippen LogP contribution is 2.26. The number of anilines is 1. The van der Waals surface area contributed by atoms with Crippen LogP contribution in [0.4, 0.5) is 15.3 Å². The second-order valence-corrected chi connectivity index (χ2v) is 5.29. The van der Waals surface area contributed by atoms with Gasteiger partial charge >= 0.3 is 12.1 Å². The monoisotopic (exact) mass is 317 g/mol. The summed E-state index contributed by atoms with van der Waals surface area (Å²) in [5.74, 6) is 0.456. The molecule has 8 heteroatoms. The fraction of sp³-hybridized carbons (Fsp3) is 0.400. The van der Waals surface area contributed by atoms with Gasteiger partial charge in [0.25, 0.3) is 0 Å². The van der Waals surface area contributed by atoms with Crippen molar-refractivity contribution in [3.63, 3.8) is 0 Å². The van der Waals surface area contributed by atoms with Gasteiger partial charge in [-0.1, -0.05) is 0 Å². The summed E-state index contributed by atoms with van der Waals surface area (Å²) < 4.78 is 5.61. The van der Waals surface area contributed by atoms with Gasteiger partial charge in [0.05, 0.1) is 23.4 Å². The van der Waals surface area contributed by atoms with Crippen molar-refractivity contribution < 1.29 is 14.3 Å². The molecule has 8 nitrogen and oxygen atoms in total. The van der Waals surface area contributed by atoms with E-state index >= 15 is 0 Å². The lowest BCUT2D eigenvalue weighted by Crippen LogP contribution is -2.55. The van der Waals surface area contributed by atoms with Crippen LogP contribution < -0.4 is 20.8 Å². The number of carbonyl (C=O) groups is 2. The van der Waals surface area contributed by atoms with Crippen molar-refractivity contribution in [1.82, 2.24) is 15.8 Å². The highest BCUT2D eigenvalue weighted by molar-refractivity contribution is 5.92. The van der Waals surface area contributed by atoms with Gasteiger partial charge in [-0.2, -0.15) is 5.26 Å². The van der Waals surface area contributed by atoms with E-state index in [1.165, 1.54) is 11.1 Å². The van der Waals surface area contributed by atoms with Crippen molar-refractivity contribution >= 4 is 17.7 Å². The standard InChI is InChI=1S/C15H19N5O3/c1-10(2)23-13-5-4-11(9-16)8-12(13)18-14(21)19-20-7-3-6-17-15(20)22/h4-5,8,10H,3,6-7H2,1-2H3,(H,17,22)(H2,18,19,21). The summed E-state index contributed by atoms with van der Waals surface area (Å²) in [5, 5.41) is 15.4. The summed E-state index contributed by atoms with van der Waals surface area (Å²) in [7, 11) is 0. The number of hydrogen-bond acceptors (Lipinski definition) is 4. The Kier molecular flexibility index (Phi) is 5.25. The zero-order valence-electron chi connectivity index (χ0n) is 13.0. The Balaban J connectivity index is 2.09. The molecule has 0 aromatic heterocycles. The molecule has 1 aromatic carbocycles. The largest absolute Gasteiger partial charge is 0.489 e. The highest BCUT2D eigenvalue weighted by atomic mass is 16.5. The van der Waals surface area contributed by atoms with Gasteiger partial charge in [0, 0.05) is 13.1 Å². The molecule has 0 bridgehead atoms. The Bertz CT molecular complexity index is 638. The lowest BCUT2D eigenvalue weighted by Gasteiger charge is -2.27. The zero-order valence-corrected chi connectivity index (χ0v) is 13.0. The number of carbonyl (C=O) groups excluding carboxylic acids is 2. The Hall–Kier alpha value is -2.95. The van der Waals surface area contributed by atoms with E-state index in [1.807, 2.05) is 19.9 Å². The van der Waals surface area contributed by atoms with Gasteiger partial charge in [0.1, 0.15) is 5.75 Å². The fourth-order valence-corrected chi connectivity index (χ4v) is 2.06. The smallest absolute Gasteiger partial charge is 0.338 e. The molecule has 122 valence electrons. The lowest BCUT2D eigenvalue weighted by atomic mass is 10.2. The molecule has 1 aliphatic rings. The Morgan fingerprint density at radius 2 is 2.26 bits per heavy atom. The number of hydrazine groups is 1. The SMILES string of the molecule is CC(C)Oc1ccc(C#N)cc1NC(=O)NN1CCCNC1=O. The molecule has 0 saturated carbocycles. The van der Waals surface area contributed by atoms with Crippen LogP contribution in [0.25, 0.3) is 0 Å². The van der Waals surface area contributed by atoms with Crippen molar-refractivity contribution in [3.05, 3.63) is 23.8 Å². The van der Waals surface area contributed by atoms with Crippen molar-refractivity contribution in [1.29, 1.82) is 5.26 Å². The maximum Gasteiger partial charge on any atom is 0.338 e. The number of benzene rings is 1. The molecule has 1 saturated heterocycles. The zero-order chi connectivity index (χ0) is 16.8. The number of ether oxygens (including phenoxy) is 1. The third-order valence-corrected chi connectivity index (χ3v) is 3.04. The first-order chi connectivity index (χ1) is 11.0. The summed E-state index contributed by atoms with van der Waals surface area (Å²) in [5.41, 5.74) is 3.23. The van der Waals surface area contributed by atoms with E-state index in [0.717, 1.165) is 6.42 Å². The van der Waals surface area contributed by atoms with E-state index in [4.69, 9.17) is 10.00 Å². The van der Waals surface area contributed by atoms with E-state index < -0.39 is 6.03 Å². The third-order valence-electron chi connectivity index (χ3n) is 3.04. The van der Waals surface area contributed by atoms with Crippen molar-refractivity contribution in [3.8, 4) is 11.8 Å². The highest BCUT2D eigenvalue weighted by Gasteiger charge is 2.20. The summed E-state index contributed by atoms with van der Waals surface area (Å²) in [4.78, 5) is 23.7.